The maximum absolute atomic E-state index is 11.6. The molecule has 0 spiro atoms. The van der Waals surface area contributed by atoms with Gasteiger partial charge in [-0.25, -0.2) is 8.42 Å². The van der Waals surface area contributed by atoms with E-state index in [9.17, 15) is 8.42 Å². The van der Waals surface area contributed by atoms with E-state index in [0.29, 0.717) is 19.0 Å². The second-order valence-corrected chi connectivity index (χ2v) is 7.16. The van der Waals surface area contributed by atoms with Crippen molar-refractivity contribution in [2.24, 2.45) is 0 Å². The average molecular weight is 315 g/mol. The van der Waals surface area contributed by atoms with Gasteiger partial charge in [-0.1, -0.05) is 25.1 Å². The molecule has 0 heterocycles. The highest BCUT2D eigenvalue weighted by Crippen LogP contribution is 2.26. The van der Waals surface area contributed by atoms with E-state index in [-0.39, 0.29) is 11.8 Å². The Morgan fingerprint density at radius 1 is 1.24 bits per heavy atom. The molecule has 6 heteroatoms. The molecule has 1 unspecified atom stereocenters. The first-order valence-electron chi connectivity index (χ1n) is 7.09. The molecule has 1 N–H and O–H groups in total. The second kappa shape index (κ2) is 9.02. The van der Waals surface area contributed by atoms with E-state index in [1.807, 2.05) is 31.2 Å². The minimum Gasteiger partial charge on any atom is -0.491 e. The first kappa shape index (κ1) is 17.9. The van der Waals surface area contributed by atoms with Gasteiger partial charge in [0.1, 0.15) is 22.2 Å². The number of sulfone groups is 1. The van der Waals surface area contributed by atoms with Crippen LogP contribution in [-0.4, -0.2) is 47.3 Å². The van der Waals surface area contributed by atoms with Crippen LogP contribution >= 0.6 is 0 Å². The van der Waals surface area contributed by atoms with Crippen LogP contribution in [0.3, 0.4) is 0 Å². The van der Waals surface area contributed by atoms with Crippen LogP contribution in [0.15, 0.2) is 24.3 Å². The topological polar surface area (TPSA) is 64.6 Å². The molecule has 0 amide bonds. The zero-order chi connectivity index (χ0) is 15.7. The van der Waals surface area contributed by atoms with Crippen molar-refractivity contribution >= 4 is 9.84 Å². The Bertz CT molecular complexity index is 516. The summed E-state index contributed by atoms with van der Waals surface area (Å²) in [4.78, 5) is 0. The van der Waals surface area contributed by atoms with Crippen LogP contribution in [0.2, 0.25) is 0 Å². The highest BCUT2D eigenvalue weighted by molar-refractivity contribution is 7.90. The largest absolute Gasteiger partial charge is 0.491 e. The standard InChI is InChI=1S/C15H25NO4S/c1-4-9-16-14(12-21(3,17)18)13-7-5-6-8-15(13)20-11-10-19-2/h5-8,14,16H,4,9-12H2,1-3H3. The van der Waals surface area contributed by atoms with Gasteiger partial charge in [0.15, 0.2) is 0 Å². The lowest BCUT2D eigenvalue weighted by Gasteiger charge is -2.21. The summed E-state index contributed by atoms with van der Waals surface area (Å²) < 4.78 is 34.0. The highest BCUT2D eigenvalue weighted by atomic mass is 32.2. The van der Waals surface area contributed by atoms with Gasteiger partial charge in [0.05, 0.1) is 12.4 Å². The van der Waals surface area contributed by atoms with Crippen LogP contribution in [0.5, 0.6) is 5.75 Å². The molecule has 120 valence electrons. The van der Waals surface area contributed by atoms with Crippen molar-refractivity contribution in [3.05, 3.63) is 29.8 Å². The zero-order valence-corrected chi connectivity index (χ0v) is 13.8. The summed E-state index contributed by atoms with van der Waals surface area (Å²) in [6.07, 6.45) is 2.19. The van der Waals surface area contributed by atoms with E-state index in [2.05, 4.69) is 5.32 Å². The third-order valence-corrected chi connectivity index (χ3v) is 3.89. The van der Waals surface area contributed by atoms with Crippen LogP contribution in [0.1, 0.15) is 24.9 Å². The molecule has 1 rings (SSSR count). The molecular weight excluding hydrogens is 290 g/mol. The van der Waals surface area contributed by atoms with E-state index < -0.39 is 9.84 Å². The Hall–Kier alpha value is -1.11. The number of hydrogen-bond donors (Lipinski definition) is 1. The maximum atomic E-state index is 11.6. The van der Waals surface area contributed by atoms with Crippen LogP contribution in [-0.2, 0) is 14.6 Å². The lowest BCUT2D eigenvalue weighted by Crippen LogP contribution is -2.29. The van der Waals surface area contributed by atoms with Crippen LogP contribution < -0.4 is 10.1 Å². The summed E-state index contributed by atoms with van der Waals surface area (Å²) in [7, 11) is -1.47. The van der Waals surface area contributed by atoms with E-state index in [1.165, 1.54) is 6.26 Å². The summed E-state index contributed by atoms with van der Waals surface area (Å²) in [5.74, 6) is 0.754. The SMILES string of the molecule is CCCNC(CS(C)(=O)=O)c1ccccc1OCCOC. The molecule has 0 saturated heterocycles. The van der Waals surface area contributed by atoms with Crippen molar-refractivity contribution in [3.8, 4) is 5.75 Å². The molecule has 1 atom stereocenters. The fourth-order valence-corrected chi connectivity index (χ4v) is 2.92. The van der Waals surface area contributed by atoms with Gasteiger partial charge in [0.2, 0.25) is 0 Å². The molecule has 0 fully saturated rings. The third kappa shape index (κ3) is 6.93. The van der Waals surface area contributed by atoms with Crippen molar-refractivity contribution in [3.63, 3.8) is 0 Å². The van der Waals surface area contributed by atoms with Gasteiger partial charge in [-0.2, -0.15) is 0 Å². The summed E-state index contributed by atoms with van der Waals surface area (Å²) in [5, 5.41) is 3.28. The van der Waals surface area contributed by atoms with Crippen molar-refractivity contribution < 1.29 is 17.9 Å². The Labute approximate surface area is 127 Å². The van der Waals surface area contributed by atoms with Gasteiger partial charge >= 0.3 is 0 Å². The summed E-state index contributed by atoms with van der Waals surface area (Å²) in [6, 6.07) is 7.26. The Kier molecular flexibility index (Phi) is 7.71. The molecule has 0 aliphatic carbocycles. The van der Waals surface area contributed by atoms with Crippen LogP contribution in [0.4, 0.5) is 0 Å². The van der Waals surface area contributed by atoms with E-state index in [0.717, 1.165) is 18.5 Å². The smallest absolute Gasteiger partial charge is 0.149 e. The quantitative estimate of drug-likeness (QED) is 0.667. The molecule has 0 radical (unpaired) electrons. The summed E-state index contributed by atoms with van der Waals surface area (Å²) in [6.45, 7) is 3.73. The predicted octanol–water partition coefficient (Wildman–Crippen LogP) is 1.80. The number of benzene rings is 1. The minimum atomic E-state index is -3.09. The monoisotopic (exact) mass is 315 g/mol. The number of hydrogen-bond acceptors (Lipinski definition) is 5. The first-order chi connectivity index (χ1) is 9.98. The minimum absolute atomic E-state index is 0.0532. The van der Waals surface area contributed by atoms with Gasteiger partial charge in [0.25, 0.3) is 0 Å². The van der Waals surface area contributed by atoms with Gasteiger partial charge in [0, 0.05) is 25.0 Å². The molecule has 1 aromatic carbocycles. The summed E-state index contributed by atoms with van der Waals surface area (Å²) >= 11 is 0. The fourth-order valence-electron chi connectivity index (χ4n) is 2.01. The molecule has 0 saturated carbocycles. The molecule has 21 heavy (non-hydrogen) atoms. The zero-order valence-electron chi connectivity index (χ0n) is 13.0. The molecule has 0 aromatic heterocycles. The molecular formula is C15H25NO4S. The van der Waals surface area contributed by atoms with Gasteiger partial charge < -0.3 is 14.8 Å². The van der Waals surface area contributed by atoms with E-state index in [4.69, 9.17) is 9.47 Å². The summed E-state index contributed by atoms with van der Waals surface area (Å²) in [5.41, 5.74) is 0.868. The van der Waals surface area contributed by atoms with Gasteiger partial charge in [-0.05, 0) is 19.0 Å². The van der Waals surface area contributed by atoms with Crippen molar-refractivity contribution in [1.82, 2.24) is 5.32 Å². The highest BCUT2D eigenvalue weighted by Gasteiger charge is 2.20. The predicted molar refractivity (Wildman–Crippen MR) is 84.6 cm³/mol. The maximum Gasteiger partial charge on any atom is 0.149 e. The normalized spacial score (nSPS) is 13.1. The third-order valence-electron chi connectivity index (χ3n) is 2.95. The molecule has 0 aliphatic heterocycles. The lowest BCUT2D eigenvalue weighted by atomic mass is 10.1. The van der Waals surface area contributed by atoms with Crippen molar-refractivity contribution in [1.29, 1.82) is 0 Å². The number of nitrogens with one attached hydrogen (secondary N) is 1. The molecule has 1 aromatic rings. The number of rotatable bonds is 10. The van der Waals surface area contributed by atoms with Crippen LogP contribution in [0.25, 0.3) is 0 Å². The number of methoxy groups -OCH3 is 1. The van der Waals surface area contributed by atoms with Crippen LogP contribution in [0, 0.1) is 0 Å². The molecule has 0 aliphatic rings. The second-order valence-electron chi connectivity index (χ2n) is 4.98. The Balaban J connectivity index is 2.94. The van der Waals surface area contributed by atoms with Crippen molar-refractivity contribution in [2.45, 2.75) is 19.4 Å². The first-order valence-corrected chi connectivity index (χ1v) is 9.15. The van der Waals surface area contributed by atoms with E-state index >= 15 is 0 Å². The number of ether oxygens (including phenoxy) is 2. The molecule has 5 nitrogen and oxygen atoms in total. The van der Waals surface area contributed by atoms with Gasteiger partial charge in [-0.15, -0.1) is 0 Å². The van der Waals surface area contributed by atoms with Gasteiger partial charge in [-0.3, -0.25) is 0 Å². The average Bonchev–Trinajstić information content (AvgIpc) is 2.43. The number of para-hydroxylation sites is 1. The Morgan fingerprint density at radius 2 is 1.95 bits per heavy atom. The van der Waals surface area contributed by atoms with E-state index in [1.54, 1.807) is 7.11 Å². The molecule has 0 bridgehead atoms. The van der Waals surface area contributed by atoms with Crippen molar-refractivity contribution in [2.75, 3.05) is 38.9 Å². The fraction of sp³-hybridized carbons (Fsp3) is 0.600. The lowest BCUT2D eigenvalue weighted by molar-refractivity contribution is 0.145. The Morgan fingerprint density at radius 3 is 2.57 bits per heavy atom.